The second-order valence-electron chi connectivity index (χ2n) is 5.93. The van der Waals surface area contributed by atoms with E-state index in [9.17, 15) is 14.9 Å². The normalized spacial score (nSPS) is 13.4. The van der Waals surface area contributed by atoms with Gasteiger partial charge in [0.2, 0.25) is 0 Å². The van der Waals surface area contributed by atoms with Crippen molar-refractivity contribution in [2.45, 2.75) is 25.4 Å². The van der Waals surface area contributed by atoms with Gasteiger partial charge < -0.3 is 10.2 Å². The molecular weight excluding hydrogens is 308 g/mol. The predicted octanol–water partition coefficient (Wildman–Crippen LogP) is 2.52. The first-order chi connectivity index (χ1) is 11.5. The topological polar surface area (TPSA) is 88.4 Å². The van der Waals surface area contributed by atoms with Gasteiger partial charge in [-0.3, -0.25) is 14.9 Å². The highest BCUT2D eigenvalue weighted by Crippen LogP contribution is 2.20. The summed E-state index contributed by atoms with van der Waals surface area (Å²) < 4.78 is 0. The minimum absolute atomic E-state index is 0.0295. The minimum atomic E-state index is -0.470. The third-order valence-corrected chi connectivity index (χ3v) is 3.88. The lowest BCUT2D eigenvalue weighted by molar-refractivity contribution is -0.385. The Hall–Kier alpha value is -2.96. The van der Waals surface area contributed by atoms with Crippen LogP contribution in [0.15, 0.2) is 42.6 Å². The van der Waals surface area contributed by atoms with Gasteiger partial charge >= 0.3 is 0 Å². The lowest BCUT2D eigenvalue weighted by Crippen LogP contribution is -2.25. The first kappa shape index (κ1) is 15.9. The van der Waals surface area contributed by atoms with Gasteiger partial charge in [-0.15, -0.1) is 0 Å². The molecule has 1 N–H and O–H groups in total. The van der Waals surface area contributed by atoms with Crippen molar-refractivity contribution < 1.29 is 9.72 Å². The van der Waals surface area contributed by atoms with Gasteiger partial charge in [0, 0.05) is 31.3 Å². The van der Waals surface area contributed by atoms with E-state index in [1.54, 1.807) is 6.07 Å². The number of carbonyl (C=O) groups is 1. The van der Waals surface area contributed by atoms with Crippen LogP contribution in [0.2, 0.25) is 0 Å². The molecule has 0 aliphatic heterocycles. The molecule has 0 unspecified atom stereocenters. The quantitative estimate of drug-likeness (QED) is 0.651. The van der Waals surface area contributed by atoms with E-state index < -0.39 is 4.92 Å². The summed E-state index contributed by atoms with van der Waals surface area (Å²) in [5.41, 5.74) is 1.65. The highest BCUT2D eigenvalue weighted by atomic mass is 16.6. The number of amides is 1. The Labute approximate surface area is 139 Å². The average Bonchev–Trinajstić information content (AvgIpc) is 3.39. The van der Waals surface area contributed by atoms with Crippen LogP contribution < -0.4 is 10.2 Å². The molecule has 1 saturated carbocycles. The van der Waals surface area contributed by atoms with Crippen molar-refractivity contribution in [3.63, 3.8) is 0 Å². The number of hydrogen-bond donors (Lipinski definition) is 1. The van der Waals surface area contributed by atoms with Crippen molar-refractivity contribution >= 4 is 17.4 Å². The molecule has 1 aromatic carbocycles. The Bertz CT molecular complexity index is 739. The molecule has 1 aliphatic carbocycles. The summed E-state index contributed by atoms with van der Waals surface area (Å²) >= 11 is 0. The second kappa shape index (κ2) is 6.66. The van der Waals surface area contributed by atoms with Crippen molar-refractivity contribution in [1.82, 2.24) is 10.3 Å². The number of anilines is 1. The molecule has 0 saturated heterocycles. The molecule has 124 valence electrons. The fourth-order valence-corrected chi connectivity index (χ4v) is 2.32. The van der Waals surface area contributed by atoms with Crippen LogP contribution in [0.4, 0.5) is 11.5 Å². The maximum absolute atomic E-state index is 12.0. The van der Waals surface area contributed by atoms with Crippen molar-refractivity contribution in [3.8, 4) is 0 Å². The zero-order valence-corrected chi connectivity index (χ0v) is 13.3. The van der Waals surface area contributed by atoms with E-state index in [-0.39, 0.29) is 11.6 Å². The van der Waals surface area contributed by atoms with Crippen molar-refractivity contribution in [1.29, 1.82) is 0 Å². The first-order valence-electron chi connectivity index (χ1n) is 7.74. The zero-order chi connectivity index (χ0) is 17.1. The third kappa shape index (κ3) is 3.87. The SMILES string of the molecule is CN(Cc1ccc(C(=O)NC2CC2)cc1)c1ccc([N+](=O)[O-])cn1. The maximum atomic E-state index is 12.0. The standard InChI is InChI=1S/C17H18N4O3/c1-20(16-9-8-15(10-18-16)21(23)24)11-12-2-4-13(5-3-12)17(22)19-14-6-7-14/h2-5,8-10,14H,6-7,11H2,1H3,(H,19,22). The summed E-state index contributed by atoms with van der Waals surface area (Å²) in [7, 11) is 1.86. The lowest BCUT2D eigenvalue weighted by atomic mass is 10.1. The number of pyridine rings is 1. The highest BCUT2D eigenvalue weighted by Gasteiger charge is 2.23. The van der Waals surface area contributed by atoms with Crippen molar-refractivity contribution in [2.75, 3.05) is 11.9 Å². The summed E-state index contributed by atoms with van der Waals surface area (Å²) in [5.74, 6) is 0.616. The van der Waals surface area contributed by atoms with Crippen molar-refractivity contribution in [2.24, 2.45) is 0 Å². The molecule has 7 heteroatoms. The number of benzene rings is 1. The maximum Gasteiger partial charge on any atom is 0.287 e. The smallest absolute Gasteiger partial charge is 0.287 e. The van der Waals surface area contributed by atoms with Gasteiger partial charge in [0.1, 0.15) is 12.0 Å². The van der Waals surface area contributed by atoms with Gasteiger partial charge in [-0.05, 0) is 36.6 Å². The molecule has 1 amide bonds. The number of nitrogens with one attached hydrogen (secondary N) is 1. The van der Waals surface area contributed by atoms with E-state index in [1.165, 1.54) is 12.3 Å². The molecule has 1 fully saturated rings. The molecule has 3 rings (SSSR count). The summed E-state index contributed by atoms with van der Waals surface area (Å²) in [4.78, 5) is 28.1. The number of carbonyl (C=O) groups excluding carboxylic acids is 1. The number of rotatable bonds is 6. The van der Waals surface area contributed by atoms with E-state index in [1.807, 2.05) is 36.2 Å². The Morgan fingerprint density at radius 2 is 2.00 bits per heavy atom. The van der Waals surface area contributed by atoms with Crippen LogP contribution in [-0.4, -0.2) is 28.9 Å². The molecule has 1 heterocycles. The van der Waals surface area contributed by atoms with E-state index in [4.69, 9.17) is 0 Å². The van der Waals surface area contributed by atoms with E-state index in [0.29, 0.717) is 24.0 Å². The third-order valence-electron chi connectivity index (χ3n) is 3.88. The lowest BCUT2D eigenvalue weighted by Gasteiger charge is -2.18. The Morgan fingerprint density at radius 3 is 2.54 bits per heavy atom. The molecule has 1 aliphatic rings. The molecule has 2 aromatic rings. The molecule has 0 atom stereocenters. The molecule has 0 radical (unpaired) electrons. The zero-order valence-electron chi connectivity index (χ0n) is 13.3. The summed E-state index contributed by atoms with van der Waals surface area (Å²) in [6.07, 6.45) is 3.38. The first-order valence-corrected chi connectivity index (χ1v) is 7.74. The highest BCUT2D eigenvalue weighted by molar-refractivity contribution is 5.94. The second-order valence-corrected chi connectivity index (χ2v) is 5.93. The summed E-state index contributed by atoms with van der Waals surface area (Å²) in [6.45, 7) is 0.593. The van der Waals surface area contributed by atoms with E-state index >= 15 is 0 Å². The Kier molecular flexibility index (Phi) is 4.41. The summed E-state index contributed by atoms with van der Waals surface area (Å²) in [5, 5.41) is 13.6. The van der Waals surface area contributed by atoms with Crippen LogP contribution in [0, 0.1) is 10.1 Å². The van der Waals surface area contributed by atoms with Crippen LogP contribution in [0.3, 0.4) is 0 Å². The molecule has 24 heavy (non-hydrogen) atoms. The van der Waals surface area contributed by atoms with Crippen LogP contribution in [0.5, 0.6) is 0 Å². The number of hydrogen-bond acceptors (Lipinski definition) is 5. The molecule has 0 spiro atoms. The monoisotopic (exact) mass is 326 g/mol. The average molecular weight is 326 g/mol. The Balaban J connectivity index is 1.62. The van der Waals surface area contributed by atoms with Crippen molar-refractivity contribution in [3.05, 3.63) is 63.8 Å². The van der Waals surface area contributed by atoms with Gasteiger partial charge in [-0.1, -0.05) is 12.1 Å². The van der Waals surface area contributed by atoms with Gasteiger partial charge in [-0.25, -0.2) is 4.98 Å². The Morgan fingerprint density at radius 1 is 1.29 bits per heavy atom. The molecule has 0 bridgehead atoms. The van der Waals surface area contributed by atoms with E-state index in [2.05, 4.69) is 10.3 Å². The summed E-state index contributed by atoms with van der Waals surface area (Å²) in [6, 6.07) is 10.8. The fraction of sp³-hybridized carbons (Fsp3) is 0.294. The van der Waals surface area contributed by atoms with Gasteiger partial charge in [0.25, 0.3) is 11.6 Å². The predicted molar refractivity (Wildman–Crippen MR) is 89.9 cm³/mol. The number of nitro groups is 1. The molecular formula is C17H18N4O3. The van der Waals surface area contributed by atoms with Crippen LogP contribution in [-0.2, 0) is 6.54 Å². The molecule has 1 aromatic heterocycles. The number of nitrogens with zero attached hydrogens (tertiary/aromatic N) is 3. The van der Waals surface area contributed by atoms with Crippen LogP contribution in [0.1, 0.15) is 28.8 Å². The van der Waals surface area contributed by atoms with Crippen LogP contribution >= 0.6 is 0 Å². The largest absolute Gasteiger partial charge is 0.355 e. The fourth-order valence-electron chi connectivity index (χ4n) is 2.32. The van der Waals surface area contributed by atoms with Crippen LogP contribution in [0.25, 0.3) is 0 Å². The minimum Gasteiger partial charge on any atom is -0.355 e. The van der Waals surface area contributed by atoms with Gasteiger partial charge in [0.05, 0.1) is 4.92 Å². The van der Waals surface area contributed by atoms with Gasteiger partial charge in [0.15, 0.2) is 0 Å². The molecule has 7 nitrogen and oxygen atoms in total. The van der Waals surface area contributed by atoms with Gasteiger partial charge in [-0.2, -0.15) is 0 Å². The van der Waals surface area contributed by atoms with E-state index in [0.717, 1.165) is 18.4 Å². The number of aromatic nitrogens is 1.